The predicted molar refractivity (Wildman–Crippen MR) is 67.2 cm³/mol. The van der Waals surface area contributed by atoms with E-state index in [9.17, 15) is 0 Å². The van der Waals surface area contributed by atoms with Crippen molar-refractivity contribution in [2.45, 2.75) is 19.9 Å². The van der Waals surface area contributed by atoms with Gasteiger partial charge in [-0.15, -0.1) is 11.3 Å². The minimum absolute atomic E-state index is 0.0233. The Kier molecular flexibility index (Phi) is 3.33. The van der Waals surface area contributed by atoms with Crippen LogP contribution in [0.2, 0.25) is 0 Å². The molecule has 0 aliphatic carbocycles. The number of hydrazine groups is 1. The van der Waals surface area contributed by atoms with Crippen LogP contribution in [0.1, 0.15) is 27.9 Å². The lowest BCUT2D eigenvalue weighted by molar-refractivity contribution is 0.621. The Bertz CT molecular complexity index is 479. The van der Waals surface area contributed by atoms with Gasteiger partial charge in [-0.3, -0.25) is 10.8 Å². The summed E-state index contributed by atoms with van der Waals surface area (Å²) in [5.41, 5.74) is 5.95. The summed E-state index contributed by atoms with van der Waals surface area (Å²) in [5, 5.41) is 2.11. The van der Waals surface area contributed by atoms with Crippen LogP contribution >= 0.6 is 11.3 Å². The van der Waals surface area contributed by atoms with E-state index in [1.807, 2.05) is 25.1 Å². The van der Waals surface area contributed by atoms with E-state index in [0.717, 1.165) is 11.4 Å². The fraction of sp³-hybridized carbons (Fsp3) is 0.250. The Morgan fingerprint density at radius 1 is 1.38 bits per heavy atom. The van der Waals surface area contributed by atoms with Gasteiger partial charge in [0.1, 0.15) is 0 Å². The quantitative estimate of drug-likeness (QED) is 0.632. The van der Waals surface area contributed by atoms with Crippen molar-refractivity contribution < 1.29 is 0 Å². The van der Waals surface area contributed by atoms with Gasteiger partial charge in [0, 0.05) is 10.6 Å². The van der Waals surface area contributed by atoms with E-state index in [1.54, 1.807) is 11.3 Å². The molecule has 0 aromatic carbocycles. The normalized spacial score (nSPS) is 12.7. The van der Waals surface area contributed by atoms with E-state index >= 15 is 0 Å². The topological polar surface area (TPSA) is 50.9 Å². The third kappa shape index (κ3) is 2.29. The van der Waals surface area contributed by atoms with Gasteiger partial charge < -0.3 is 0 Å². The first-order valence-electron chi connectivity index (χ1n) is 5.15. The Morgan fingerprint density at radius 3 is 2.75 bits per heavy atom. The van der Waals surface area contributed by atoms with Crippen LogP contribution in [-0.4, -0.2) is 4.98 Å². The van der Waals surface area contributed by atoms with Crippen molar-refractivity contribution in [1.82, 2.24) is 10.4 Å². The van der Waals surface area contributed by atoms with Crippen LogP contribution in [0.5, 0.6) is 0 Å². The molecule has 2 rings (SSSR count). The molecule has 0 radical (unpaired) electrons. The summed E-state index contributed by atoms with van der Waals surface area (Å²) in [7, 11) is 0. The zero-order valence-electron chi connectivity index (χ0n) is 9.40. The number of nitrogens with one attached hydrogen (secondary N) is 1. The molecule has 0 bridgehead atoms. The summed E-state index contributed by atoms with van der Waals surface area (Å²) in [6.07, 6.45) is 0. The van der Waals surface area contributed by atoms with Crippen LogP contribution in [0.25, 0.3) is 0 Å². The molecule has 0 saturated carbocycles. The molecular weight excluding hydrogens is 218 g/mol. The van der Waals surface area contributed by atoms with Crippen molar-refractivity contribution >= 4 is 11.3 Å². The van der Waals surface area contributed by atoms with Crippen molar-refractivity contribution in [2.75, 3.05) is 0 Å². The molecule has 0 spiro atoms. The molecular formula is C12H15N3S. The van der Waals surface area contributed by atoms with Crippen LogP contribution in [-0.2, 0) is 0 Å². The molecule has 4 heteroatoms. The molecule has 3 N–H and O–H groups in total. The molecule has 0 amide bonds. The van der Waals surface area contributed by atoms with E-state index in [-0.39, 0.29) is 6.04 Å². The predicted octanol–water partition coefficient (Wildman–Crippen LogP) is 2.31. The monoisotopic (exact) mass is 233 g/mol. The molecule has 16 heavy (non-hydrogen) atoms. The Morgan fingerprint density at radius 2 is 2.19 bits per heavy atom. The van der Waals surface area contributed by atoms with Crippen molar-refractivity contribution in [3.05, 3.63) is 51.5 Å². The number of nitrogens with zero attached hydrogens (tertiary/aromatic N) is 1. The molecule has 1 atom stereocenters. The Balaban J connectivity index is 2.36. The molecule has 2 aromatic heterocycles. The first-order valence-corrected chi connectivity index (χ1v) is 6.03. The van der Waals surface area contributed by atoms with Gasteiger partial charge in [0.05, 0.1) is 11.7 Å². The fourth-order valence-corrected chi connectivity index (χ4v) is 2.42. The van der Waals surface area contributed by atoms with Crippen LogP contribution in [0.15, 0.2) is 29.6 Å². The molecule has 3 nitrogen and oxygen atoms in total. The number of hydrogen-bond acceptors (Lipinski definition) is 4. The van der Waals surface area contributed by atoms with Crippen LogP contribution in [0.3, 0.4) is 0 Å². The molecule has 2 heterocycles. The zero-order valence-corrected chi connectivity index (χ0v) is 10.2. The van der Waals surface area contributed by atoms with Gasteiger partial charge in [0.15, 0.2) is 0 Å². The van der Waals surface area contributed by atoms with Gasteiger partial charge in [-0.25, -0.2) is 5.43 Å². The summed E-state index contributed by atoms with van der Waals surface area (Å²) >= 11 is 1.72. The summed E-state index contributed by atoms with van der Waals surface area (Å²) in [5.74, 6) is 5.61. The summed E-state index contributed by atoms with van der Waals surface area (Å²) in [6.45, 7) is 4.07. The number of hydrogen-bond donors (Lipinski definition) is 2. The maximum absolute atomic E-state index is 5.61. The van der Waals surface area contributed by atoms with E-state index < -0.39 is 0 Å². The summed E-state index contributed by atoms with van der Waals surface area (Å²) < 4.78 is 0. The fourth-order valence-electron chi connectivity index (χ4n) is 1.69. The number of aromatic nitrogens is 1. The van der Waals surface area contributed by atoms with Crippen LogP contribution < -0.4 is 11.3 Å². The van der Waals surface area contributed by atoms with Crippen LogP contribution in [0.4, 0.5) is 0 Å². The highest BCUT2D eigenvalue weighted by atomic mass is 32.1. The van der Waals surface area contributed by atoms with Gasteiger partial charge in [-0.1, -0.05) is 6.07 Å². The molecule has 0 saturated heterocycles. The van der Waals surface area contributed by atoms with Crippen LogP contribution in [0, 0.1) is 13.8 Å². The minimum Gasteiger partial charge on any atom is -0.271 e. The first-order chi connectivity index (χ1) is 7.70. The van der Waals surface area contributed by atoms with Crippen molar-refractivity contribution in [3.8, 4) is 0 Å². The molecule has 1 unspecified atom stereocenters. The molecule has 0 aliphatic rings. The van der Waals surface area contributed by atoms with Gasteiger partial charge in [-0.2, -0.15) is 0 Å². The maximum Gasteiger partial charge on any atom is 0.0889 e. The van der Waals surface area contributed by atoms with Crippen molar-refractivity contribution in [1.29, 1.82) is 0 Å². The highest BCUT2D eigenvalue weighted by Crippen LogP contribution is 2.24. The number of pyridine rings is 1. The Labute approximate surface area is 99.3 Å². The highest BCUT2D eigenvalue weighted by molar-refractivity contribution is 7.10. The number of rotatable bonds is 3. The lowest BCUT2D eigenvalue weighted by atomic mass is 10.1. The second kappa shape index (κ2) is 4.74. The summed E-state index contributed by atoms with van der Waals surface area (Å²) in [6, 6.07) is 8.09. The third-order valence-electron chi connectivity index (χ3n) is 2.46. The average molecular weight is 233 g/mol. The van der Waals surface area contributed by atoms with Gasteiger partial charge in [0.25, 0.3) is 0 Å². The molecule has 2 aromatic rings. The number of nitrogens with two attached hydrogens (primary N) is 1. The largest absolute Gasteiger partial charge is 0.271 e. The highest BCUT2D eigenvalue weighted by Gasteiger charge is 2.14. The Hall–Kier alpha value is -1.23. The lowest BCUT2D eigenvalue weighted by Crippen LogP contribution is -2.29. The smallest absolute Gasteiger partial charge is 0.0889 e. The van der Waals surface area contributed by atoms with Crippen molar-refractivity contribution in [3.63, 3.8) is 0 Å². The average Bonchev–Trinajstić information content (AvgIpc) is 2.66. The maximum atomic E-state index is 5.61. The van der Waals surface area contributed by atoms with E-state index in [2.05, 4.69) is 28.8 Å². The second-order valence-corrected chi connectivity index (χ2v) is 4.91. The van der Waals surface area contributed by atoms with E-state index in [0.29, 0.717) is 0 Å². The lowest BCUT2D eigenvalue weighted by Gasteiger charge is -2.14. The van der Waals surface area contributed by atoms with E-state index in [1.165, 1.54) is 10.4 Å². The molecule has 0 aliphatic heterocycles. The number of aryl methyl sites for hydroxylation is 2. The zero-order chi connectivity index (χ0) is 11.5. The van der Waals surface area contributed by atoms with E-state index in [4.69, 9.17) is 5.84 Å². The third-order valence-corrected chi connectivity index (χ3v) is 3.34. The number of thiophene rings is 1. The van der Waals surface area contributed by atoms with Gasteiger partial charge in [0.2, 0.25) is 0 Å². The molecule has 84 valence electrons. The standard InChI is InChI=1S/C12H15N3S/c1-8-4-3-5-11(14-8)12(15-13)10-6-9(2)16-7-10/h3-7,12,15H,13H2,1-2H3. The summed E-state index contributed by atoms with van der Waals surface area (Å²) in [4.78, 5) is 5.77. The van der Waals surface area contributed by atoms with Gasteiger partial charge in [-0.05, 0) is 43.0 Å². The molecule has 0 fully saturated rings. The van der Waals surface area contributed by atoms with Gasteiger partial charge >= 0.3 is 0 Å². The minimum atomic E-state index is -0.0233. The van der Waals surface area contributed by atoms with Crippen molar-refractivity contribution in [2.24, 2.45) is 5.84 Å². The first kappa shape index (κ1) is 11.3. The SMILES string of the molecule is Cc1cccc(C(NN)c2csc(C)c2)n1. The second-order valence-electron chi connectivity index (χ2n) is 3.79.